The van der Waals surface area contributed by atoms with Gasteiger partial charge in [0, 0.05) is 38.8 Å². The van der Waals surface area contributed by atoms with Gasteiger partial charge in [0.25, 0.3) is 0 Å². The summed E-state index contributed by atoms with van der Waals surface area (Å²) >= 11 is 0. The van der Waals surface area contributed by atoms with Gasteiger partial charge in [-0.2, -0.15) is 0 Å². The molecule has 1 aromatic heterocycles. The molecule has 0 atom stereocenters. The fourth-order valence-electron chi connectivity index (χ4n) is 2.05. The molecule has 4 nitrogen and oxygen atoms in total. The van der Waals surface area contributed by atoms with Crippen LogP contribution in [0.15, 0.2) is 6.20 Å². The van der Waals surface area contributed by atoms with Gasteiger partial charge in [-0.05, 0) is 12.8 Å². The van der Waals surface area contributed by atoms with Crippen LogP contribution in [-0.2, 0) is 18.2 Å². The topological polar surface area (TPSA) is 47.3 Å². The van der Waals surface area contributed by atoms with Crippen molar-refractivity contribution in [3.05, 3.63) is 17.7 Å². The van der Waals surface area contributed by atoms with Crippen molar-refractivity contribution in [2.75, 3.05) is 19.8 Å². The summed E-state index contributed by atoms with van der Waals surface area (Å²) in [6.45, 7) is 1.85. The number of aliphatic hydroxyl groups is 1. The van der Waals surface area contributed by atoms with Gasteiger partial charge >= 0.3 is 0 Å². The first-order valence-corrected chi connectivity index (χ1v) is 5.52. The van der Waals surface area contributed by atoms with Gasteiger partial charge in [-0.25, -0.2) is 4.98 Å². The minimum atomic E-state index is 0.165. The lowest BCUT2D eigenvalue weighted by Crippen LogP contribution is -2.14. The largest absolute Gasteiger partial charge is 0.396 e. The maximum atomic E-state index is 8.89. The molecule has 2 rings (SSSR count). The number of ether oxygens (including phenoxy) is 1. The third-order valence-electron chi connectivity index (χ3n) is 2.97. The van der Waals surface area contributed by atoms with Gasteiger partial charge in [0.05, 0.1) is 12.3 Å². The van der Waals surface area contributed by atoms with Crippen molar-refractivity contribution >= 4 is 0 Å². The Hall–Kier alpha value is -0.870. The molecule has 0 unspecified atom stereocenters. The Morgan fingerprint density at radius 3 is 2.93 bits per heavy atom. The Bertz CT molecular complexity index is 316. The molecule has 0 spiro atoms. The number of aryl methyl sites for hydroxylation is 1. The van der Waals surface area contributed by atoms with Gasteiger partial charge in [-0.3, -0.25) is 0 Å². The SMILES string of the molecule is Cn1cc(C2CCOCC2)nc1CCO. The predicted molar refractivity (Wildman–Crippen MR) is 56.8 cm³/mol. The van der Waals surface area contributed by atoms with Crippen LogP contribution >= 0.6 is 0 Å². The molecule has 15 heavy (non-hydrogen) atoms. The van der Waals surface area contributed by atoms with E-state index in [4.69, 9.17) is 9.84 Å². The Morgan fingerprint density at radius 2 is 2.27 bits per heavy atom. The summed E-state index contributed by atoms with van der Waals surface area (Å²) in [6.07, 6.45) is 4.85. The average Bonchev–Trinajstić information content (AvgIpc) is 2.63. The smallest absolute Gasteiger partial charge is 0.111 e. The highest BCUT2D eigenvalue weighted by atomic mass is 16.5. The summed E-state index contributed by atoms with van der Waals surface area (Å²) in [5.41, 5.74) is 1.16. The second kappa shape index (κ2) is 4.77. The van der Waals surface area contributed by atoms with Crippen LogP contribution in [0.1, 0.15) is 30.3 Å². The molecule has 1 fully saturated rings. The molecule has 4 heteroatoms. The molecule has 2 heterocycles. The van der Waals surface area contributed by atoms with Gasteiger partial charge in [0.2, 0.25) is 0 Å². The van der Waals surface area contributed by atoms with Crippen molar-refractivity contribution in [3.8, 4) is 0 Å². The van der Waals surface area contributed by atoms with E-state index in [0.29, 0.717) is 12.3 Å². The summed E-state index contributed by atoms with van der Waals surface area (Å²) < 4.78 is 7.35. The minimum Gasteiger partial charge on any atom is -0.396 e. The van der Waals surface area contributed by atoms with Gasteiger partial charge in [0.15, 0.2) is 0 Å². The number of aliphatic hydroxyl groups excluding tert-OH is 1. The van der Waals surface area contributed by atoms with Crippen LogP contribution in [0.2, 0.25) is 0 Å². The number of aromatic nitrogens is 2. The fraction of sp³-hybridized carbons (Fsp3) is 0.727. The first-order valence-electron chi connectivity index (χ1n) is 5.52. The maximum Gasteiger partial charge on any atom is 0.111 e. The van der Waals surface area contributed by atoms with E-state index in [1.54, 1.807) is 0 Å². The first kappa shape index (κ1) is 10.6. The molecular weight excluding hydrogens is 192 g/mol. The third kappa shape index (κ3) is 2.38. The van der Waals surface area contributed by atoms with E-state index in [1.165, 1.54) is 0 Å². The minimum absolute atomic E-state index is 0.165. The number of hydrogen-bond donors (Lipinski definition) is 1. The van der Waals surface area contributed by atoms with Gasteiger partial charge in [0.1, 0.15) is 5.82 Å². The molecule has 0 amide bonds. The van der Waals surface area contributed by atoms with Crippen LogP contribution in [-0.4, -0.2) is 34.5 Å². The lowest BCUT2D eigenvalue weighted by molar-refractivity contribution is 0.0845. The highest BCUT2D eigenvalue weighted by molar-refractivity contribution is 5.10. The number of nitrogens with zero attached hydrogens (tertiary/aromatic N) is 2. The van der Waals surface area contributed by atoms with E-state index in [1.807, 2.05) is 11.6 Å². The van der Waals surface area contributed by atoms with Crippen molar-refractivity contribution in [1.82, 2.24) is 9.55 Å². The van der Waals surface area contributed by atoms with Gasteiger partial charge in [-0.15, -0.1) is 0 Å². The third-order valence-corrected chi connectivity index (χ3v) is 2.97. The zero-order chi connectivity index (χ0) is 10.7. The van der Waals surface area contributed by atoms with E-state index >= 15 is 0 Å². The van der Waals surface area contributed by atoms with Gasteiger partial charge in [-0.1, -0.05) is 0 Å². The molecule has 0 aromatic carbocycles. The summed E-state index contributed by atoms with van der Waals surface area (Å²) in [7, 11) is 1.99. The van der Waals surface area contributed by atoms with Crippen LogP contribution in [0.4, 0.5) is 0 Å². The zero-order valence-corrected chi connectivity index (χ0v) is 9.15. The Kier molecular flexibility index (Phi) is 3.38. The standard InChI is InChI=1S/C11H18N2O2/c1-13-8-10(12-11(13)2-5-14)9-3-6-15-7-4-9/h8-9,14H,2-7H2,1H3. The monoisotopic (exact) mass is 210 g/mol. The lowest BCUT2D eigenvalue weighted by Gasteiger charge is -2.19. The van der Waals surface area contributed by atoms with Crippen LogP contribution < -0.4 is 0 Å². The Morgan fingerprint density at radius 1 is 1.53 bits per heavy atom. The van der Waals surface area contributed by atoms with Crippen LogP contribution in [0.5, 0.6) is 0 Å². The van der Waals surface area contributed by atoms with Crippen molar-refractivity contribution in [1.29, 1.82) is 0 Å². The summed E-state index contributed by atoms with van der Waals surface area (Å²) in [5, 5.41) is 8.89. The van der Waals surface area contributed by atoms with Crippen molar-refractivity contribution in [2.45, 2.75) is 25.2 Å². The second-order valence-electron chi connectivity index (χ2n) is 4.05. The quantitative estimate of drug-likeness (QED) is 0.804. The summed E-state index contributed by atoms with van der Waals surface area (Å²) in [6, 6.07) is 0. The molecule has 0 bridgehead atoms. The molecule has 1 N–H and O–H groups in total. The first-order chi connectivity index (χ1) is 7.31. The van der Waals surface area contributed by atoms with Crippen LogP contribution in [0, 0.1) is 0 Å². The molecule has 1 aliphatic rings. The molecular formula is C11H18N2O2. The van der Waals surface area contributed by atoms with Gasteiger partial charge < -0.3 is 14.4 Å². The van der Waals surface area contributed by atoms with E-state index in [0.717, 1.165) is 37.6 Å². The highest BCUT2D eigenvalue weighted by Crippen LogP contribution is 2.25. The normalized spacial score (nSPS) is 18.3. The molecule has 84 valence electrons. The molecule has 1 aliphatic heterocycles. The number of rotatable bonds is 3. The second-order valence-corrected chi connectivity index (χ2v) is 4.05. The van der Waals surface area contributed by atoms with Crippen molar-refractivity contribution in [3.63, 3.8) is 0 Å². The summed E-state index contributed by atoms with van der Waals surface area (Å²) in [4.78, 5) is 4.57. The van der Waals surface area contributed by atoms with E-state index in [9.17, 15) is 0 Å². The molecule has 0 saturated carbocycles. The maximum absolute atomic E-state index is 8.89. The summed E-state index contributed by atoms with van der Waals surface area (Å²) in [5.74, 6) is 1.51. The molecule has 1 saturated heterocycles. The van der Waals surface area contributed by atoms with Crippen molar-refractivity contribution in [2.24, 2.45) is 7.05 Å². The van der Waals surface area contributed by atoms with Crippen molar-refractivity contribution < 1.29 is 9.84 Å². The van der Waals surface area contributed by atoms with E-state index in [2.05, 4.69) is 11.2 Å². The zero-order valence-electron chi connectivity index (χ0n) is 9.15. The van der Waals surface area contributed by atoms with Crippen LogP contribution in [0.3, 0.4) is 0 Å². The lowest BCUT2D eigenvalue weighted by atomic mass is 9.97. The Balaban J connectivity index is 2.10. The average molecular weight is 210 g/mol. The number of hydrogen-bond acceptors (Lipinski definition) is 3. The Labute approximate surface area is 89.9 Å². The molecule has 1 aromatic rings. The van der Waals surface area contributed by atoms with Crippen LogP contribution in [0.25, 0.3) is 0 Å². The number of imidazole rings is 1. The fourth-order valence-corrected chi connectivity index (χ4v) is 2.05. The van der Waals surface area contributed by atoms with E-state index < -0.39 is 0 Å². The molecule has 0 aliphatic carbocycles. The highest BCUT2D eigenvalue weighted by Gasteiger charge is 2.19. The van der Waals surface area contributed by atoms with E-state index in [-0.39, 0.29) is 6.61 Å². The molecule has 0 radical (unpaired) electrons. The predicted octanol–water partition coefficient (Wildman–Crippen LogP) is 0.849.